The molecule has 0 saturated carbocycles. The van der Waals surface area contributed by atoms with Gasteiger partial charge in [-0.1, -0.05) is 41.9 Å². The van der Waals surface area contributed by atoms with Gasteiger partial charge >= 0.3 is 0 Å². The molecule has 0 atom stereocenters. The Morgan fingerprint density at radius 1 is 1.13 bits per heavy atom. The van der Waals surface area contributed by atoms with Crippen LogP contribution in [0, 0.1) is 0 Å². The Bertz CT molecular complexity index is 699. The molecule has 0 spiro atoms. The van der Waals surface area contributed by atoms with Crippen molar-refractivity contribution in [3.63, 3.8) is 0 Å². The molecule has 0 aliphatic carbocycles. The minimum Gasteiger partial charge on any atom is -0.493 e. The lowest BCUT2D eigenvalue weighted by atomic mass is 10.2. The summed E-state index contributed by atoms with van der Waals surface area (Å²) < 4.78 is 10.4. The second-order valence-corrected chi connectivity index (χ2v) is 5.17. The van der Waals surface area contributed by atoms with Crippen molar-refractivity contribution < 1.29 is 14.3 Å². The summed E-state index contributed by atoms with van der Waals surface area (Å²) in [7, 11) is 3.10. The second-order valence-electron chi connectivity index (χ2n) is 4.76. The number of hydrogen-bond acceptors (Lipinski definition) is 3. The lowest BCUT2D eigenvalue weighted by molar-refractivity contribution is -0.116. The average molecular weight is 332 g/mol. The van der Waals surface area contributed by atoms with Crippen molar-refractivity contribution >= 4 is 23.6 Å². The fourth-order valence-corrected chi connectivity index (χ4v) is 2.23. The first-order chi connectivity index (χ1) is 11.1. The first-order valence-corrected chi connectivity index (χ1v) is 7.43. The standard InChI is InChI=1S/C18H18ClNO3/c1-22-16-10-14(15(19)11-17(16)23-2)12-20-18(21)9-8-13-6-4-3-5-7-13/h3-11H,12H2,1-2H3,(H,20,21)/b9-8+. The van der Waals surface area contributed by atoms with Crippen LogP contribution in [0.25, 0.3) is 6.08 Å². The zero-order valence-electron chi connectivity index (χ0n) is 13.0. The van der Waals surface area contributed by atoms with Crippen LogP contribution in [-0.2, 0) is 11.3 Å². The third kappa shape index (κ3) is 4.76. The number of methoxy groups -OCH3 is 2. The van der Waals surface area contributed by atoms with Crippen LogP contribution in [0.15, 0.2) is 48.5 Å². The number of ether oxygens (including phenoxy) is 2. The maximum Gasteiger partial charge on any atom is 0.244 e. The molecule has 0 heterocycles. The molecule has 0 aromatic heterocycles. The highest BCUT2D eigenvalue weighted by atomic mass is 35.5. The zero-order valence-corrected chi connectivity index (χ0v) is 13.8. The zero-order chi connectivity index (χ0) is 16.7. The number of carbonyl (C=O) groups excluding carboxylic acids is 1. The van der Waals surface area contributed by atoms with Crippen molar-refractivity contribution in [3.8, 4) is 11.5 Å². The van der Waals surface area contributed by atoms with E-state index in [1.807, 2.05) is 30.3 Å². The summed E-state index contributed by atoms with van der Waals surface area (Å²) in [5.74, 6) is 0.928. The van der Waals surface area contributed by atoms with E-state index in [4.69, 9.17) is 21.1 Å². The predicted octanol–water partition coefficient (Wildman–Crippen LogP) is 3.69. The monoisotopic (exact) mass is 331 g/mol. The molecular formula is C18H18ClNO3. The lowest BCUT2D eigenvalue weighted by Gasteiger charge is -2.11. The van der Waals surface area contributed by atoms with Crippen LogP contribution in [0.3, 0.4) is 0 Å². The van der Waals surface area contributed by atoms with E-state index in [0.717, 1.165) is 11.1 Å². The molecule has 0 radical (unpaired) electrons. The number of amides is 1. The summed E-state index contributed by atoms with van der Waals surface area (Å²) >= 11 is 6.19. The van der Waals surface area contributed by atoms with Crippen molar-refractivity contribution in [3.05, 3.63) is 64.7 Å². The van der Waals surface area contributed by atoms with E-state index in [9.17, 15) is 4.79 Å². The molecule has 2 aromatic carbocycles. The number of benzene rings is 2. The van der Waals surface area contributed by atoms with Gasteiger partial charge in [0.25, 0.3) is 0 Å². The van der Waals surface area contributed by atoms with Crippen LogP contribution in [0.5, 0.6) is 11.5 Å². The van der Waals surface area contributed by atoms with Crippen molar-refractivity contribution in [2.45, 2.75) is 6.54 Å². The third-order valence-corrected chi connectivity index (χ3v) is 3.58. The topological polar surface area (TPSA) is 47.6 Å². The number of rotatable bonds is 6. The van der Waals surface area contributed by atoms with E-state index in [0.29, 0.717) is 23.1 Å². The number of hydrogen-bond donors (Lipinski definition) is 1. The Balaban J connectivity index is 2.00. The molecule has 1 N–H and O–H groups in total. The van der Waals surface area contributed by atoms with Gasteiger partial charge in [0.2, 0.25) is 5.91 Å². The highest BCUT2D eigenvalue weighted by Crippen LogP contribution is 2.32. The Kier molecular flexibility index (Phi) is 6.06. The quantitative estimate of drug-likeness (QED) is 0.821. The summed E-state index contributed by atoms with van der Waals surface area (Å²) in [6, 6.07) is 13.0. The molecule has 5 heteroatoms. The van der Waals surface area contributed by atoms with Crippen LogP contribution in [-0.4, -0.2) is 20.1 Å². The van der Waals surface area contributed by atoms with Crippen LogP contribution >= 0.6 is 11.6 Å². The second kappa shape index (κ2) is 8.25. The molecule has 0 bridgehead atoms. The van der Waals surface area contributed by atoms with Gasteiger partial charge < -0.3 is 14.8 Å². The molecule has 0 aliphatic heterocycles. The molecule has 0 fully saturated rings. The fraction of sp³-hybridized carbons (Fsp3) is 0.167. The molecule has 0 saturated heterocycles. The van der Waals surface area contributed by atoms with Crippen LogP contribution < -0.4 is 14.8 Å². The fourth-order valence-electron chi connectivity index (χ4n) is 2.01. The summed E-state index contributed by atoms with van der Waals surface area (Å²) in [5, 5.41) is 3.30. The molecule has 1 amide bonds. The highest BCUT2D eigenvalue weighted by Gasteiger charge is 2.10. The van der Waals surface area contributed by atoms with Gasteiger partial charge in [-0.05, 0) is 23.3 Å². The average Bonchev–Trinajstić information content (AvgIpc) is 2.59. The highest BCUT2D eigenvalue weighted by molar-refractivity contribution is 6.31. The van der Waals surface area contributed by atoms with Gasteiger partial charge in [0, 0.05) is 23.7 Å². The SMILES string of the molecule is COc1cc(Cl)c(CNC(=O)/C=C/c2ccccc2)cc1OC. The largest absolute Gasteiger partial charge is 0.493 e. The summed E-state index contributed by atoms with van der Waals surface area (Å²) in [5.41, 5.74) is 1.72. The number of nitrogens with one attached hydrogen (secondary N) is 1. The lowest BCUT2D eigenvalue weighted by Crippen LogP contribution is -2.20. The van der Waals surface area contributed by atoms with E-state index in [-0.39, 0.29) is 5.91 Å². The predicted molar refractivity (Wildman–Crippen MR) is 91.9 cm³/mol. The van der Waals surface area contributed by atoms with Crippen LogP contribution in [0.2, 0.25) is 5.02 Å². The number of carbonyl (C=O) groups is 1. The smallest absolute Gasteiger partial charge is 0.244 e. The van der Waals surface area contributed by atoms with Gasteiger partial charge in [0.05, 0.1) is 14.2 Å². The molecule has 4 nitrogen and oxygen atoms in total. The van der Waals surface area contributed by atoms with E-state index >= 15 is 0 Å². The molecule has 120 valence electrons. The first kappa shape index (κ1) is 16.9. The Morgan fingerprint density at radius 2 is 1.78 bits per heavy atom. The van der Waals surface area contributed by atoms with Gasteiger partial charge in [-0.25, -0.2) is 0 Å². The van der Waals surface area contributed by atoms with Crippen LogP contribution in [0.4, 0.5) is 0 Å². The van der Waals surface area contributed by atoms with Crippen LogP contribution in [0.1, 0.15) is 11.1 Å². The van der Waals surface area contributed by atoms with Gasteiger partial charge in [-0.3, -0.25) is 4.79 Å². The Morgan fingerprint density at radius 3 is 2.43 bits per heavy atom. The van der Waals surface area contributed by atoms with Gasteiger partial charge in [0.15, 0.2) is 11.5 Å². The van der Waals surface area contributed by atoms with Gasteiger partial charge in [0.1, 0.15) is 0 Å². The maximum atomic E-state index is 11.9. The van der Waals surface area contributed by atoms with Crippen molar-refractivity contribution in [1.29, 1.82) is 0 Å². The molecular weight excluding hydrogens is 314 g/mol. The Labute approximate surface area is 140 Å². The molecule has 0 aliphatic rings. The minimum atomic E-state index is -0.195. The Hall–Kier alpha value is -2.46. The molecule has 2 aromatic rings. The van der Waals surface area contributed by atoms with Crippen molar-refractivity contribution in [1.82, 2.24) is 5.32 Å². The number of halogens is 1. The third-order valence-electron chi connectivity index (χ3n) is 3.23. The van der Waals surface area contributed by atoms with E-state index < -0.39 is 0 Å². The minimum absolute atomic E-state index is 0.195. The van der Waals surface area contributed by atoms with Crippen molar-refractivity contribution in [2.75, 3.05) is 14.2 Å². The summed E-state index contributed by atoms with van der Waals surface area (Å²) in [4.78, 5) is 11.9. The van der Waals surface area contributed by atoms with E-state index in [2.05, 4.69) is 5.32 Å². The summed E-state index contributed by atoms with van der Waals surface area (Å²) in [6.07, 6.45) is 3.25. The molecule has 0 unspecified atom stereocenters. The molecule has 23 heavy (non-hydrogen) atoms. The molecule has 2 rings (SSSR count). The van der Waals surface area contributed by atoms with Crippen molar-refractivity contribution in [2.24, 2.45) is 0 Å². The first-order valence-electron chi connectivity index (χ1n) is 7.05. The summed E-state index contributed by atoms with van der Waals surface area (Å²) in [6.45, 7) is 0.303. The van der Waals surface area contributed by atoms with Gasteiger partial charge in [-0.2, -0.15) is 0 Å². The van der Waals surface area contributed by atoms with Gasteiger partial charge in [-0.15, -0.1) is 0 Å². The maximum absolute atomic E-state index is 11.9. The normalized spacial score (nSPS) is 10.6. The van der Waals surface area contributed by atoms with E-state index in [1.54, 1.807) is 32.4 Å². The van der Waals surface area contributed by atoms with E-state index in [1.165, 1.54) is 6.08 Å².